The van der Waals surface area contributed by atoms with Crippen LogP contribution in [0.25, 0.3) is 104 Å². The van der Waals surface area contributed by atoms with Crippen molar-refractivity contribution in [2.24, 2.45) is 0 Å². The van der Waals surface area contributed by atoms with Crippen LogP contribution in [0.4, 0.5) is 0 Å². The molecule has 55 heavy (non-hydrogen) atoms. The van der Waals surface area contributed by atoms with Crippen molar-refractivity contribution < 1.29 is 4.42 Å². The van der Waals surface area contributed by atoms with Gasteiger partial charge in [-0.05, 0) is 42.5 Å². The minimum atomic E-state index is 0.189. The highest BCUT2D eigenvalue weighted by Gasteiger charge is 2.24. The number of hydrogen-bond donors (Lipinski definition) is 0. The van der Waals surface area contributed by atoms with Crippen molar-refractivity contribution in [2.45, 2.75) is 0 Å². The number of benzene rings is 7. The van der Waals surface area contributed by atoms with Gasteiger partial charge in [-0.3, -0.25) is 0 Å². The van der Waals surface area contributed by atoms with Gasteiger partial charge in [0.25, 0.3) is 0 Å². The normalized spacial score (nSPS) is 11.9. The van der Waals surface area contributed by atoms with E-state index >= 15 is 0 Å². The fourth-order valence-electron chi connectivity index (χ4n) is 8.01. The summed E-state index contributed by atoms with van der Waals surface area (Å²) in [5, 5.41) is 6.59. The van der Waals surface area contributed by atoms with E-state index < -0.39 is 0 Å². The summed E-state index contributed by atoms with van der Waals surface area (Å²) < 4.78 is 10.8. The Hall–Kier alpha value is -6.37. The first-order valence-corrected chi connectivity index (χ1v) is 18.6. The molecular formula is C45H22B4N4OS. The molecule has 0 amide bonds. The SMILES string of the molecule is [B]c1c([B])c(-c2nc(-c3ccccc3)nc(-c3ccc4c(c3)oc3ccccc34)n2)c([B])c(-n2c3ccccc3c3c4c(ccc32)sc2ccccc24)c1[B]. The van der Waals surface area contributed by atoms with Gasteiger partial charge in [0.05, 0.1) is 11.0 Å². The summed E-state index contributed by atoms with van der Waals surface area (Å²) in [6, 6.07) is 44.7. The summed E-state index contributed by atoms with van der Waals surface area (Å²) in [5.41, 5.74) is 6.76. The van der Waals surface area contributed by atoms with Crippen LogP contribution in [0.2, 0.25) is 0 Å². The molecule has 4 aromatic heterocycles. The third kappa shape index (κ3) is 4.74. The van der Waals surface area contributed by atoms with Crippen LogP contribution in [0, 0.1) is 0 Å². The minimum Gasteiger partial charge on any atom is -0.456 e. The number of furan rings is 1. The van der Waals surface area contributed by atoms with Crippen molar-refractivity contribution >= 4 is 128 Å². The summed E-state index contributed by atoms with van der Waals surface area (Å²) >= 11 is 1.78. The molecule has 0 saturated carbocycles. The smallest absolute Gasteiger partial charge is 0.164 e. The van der Waals surface area contributed by atoms with Crippen LogP contribution < -0.4 is 21.9 Å². The van der Waals surface area contributed by atoms with Gasteiger partial charge < -0.3 is 8.98 Å². The highest BCUT2D eigenvalue weighted by molar-refractivity contribution is 7.26. The molecule has 0 spiro atoms. The van der Waals surface area contributed by atoms with E-state index in [0.717, 1.165) is 54.9 Å². The first-order chi connectivity index (χ1) is 26.9. The van der Waals surface area contributed by atoms with Crippen molar-refractivity contribution in [1.29, 1.82) is 0 Å². The molecule has 0 N–H and O–H groups in total. The van der Waals surface area contributed by atoms with Crippen LogP contribution in [0.5, 0.6) is 0 Å². The molecule has 10 heteroatoms. The van der Waals surface area contributed by atoms with E-state index in [1.165, 1.54) is 20.2 Å². The molecule has 0 unspecified atom stereocenters. The van der Waals surface area contributed by atoms with Crippen LogP contribution in [0.15, 0.2) is 138 Å². The maximum atomic E-state index is 7.29. The molecule has 0 bridgehead atoms. The molecule has 0 saturated heterocycles. The molecule has 0 aliphatic carbocycles. The van der Waals surface area contributed by atoms with Gasteiger partial charge in [0, 0.05) is 64.1 Å². The van der Waals surface area contributed by atoms with Crippen LogP contribution in [-0.4, -0.2) is 50.9 Å². The Balaban J connectivity index is 1.19. The van der Waals surface area contributed by atoms with E-state index in [-0.39, 0.29) is 22.2 Å². The monoisotopic (exact) mass is 710 g/mol. The molecule has 11 rings (SSSR count). The fraction of sp³-hybridized carbons (Fsp3) is 0. The third-order valence-electron chi connectivity index (χ3n) is 10.6. The van der Waals surface area contributed by atoms with E-state index in [0.29, 0.717) is 28.4 Å². The molecule has 5 nitrogen and oxygen atoms in total. The number of thiophene rings is 1. The van der Waals surface area contributed by atoms with E-state index in [9.17, 15) is 0 Å². The fourth-order valence-corrected chi connectivity index (χ4v) is 9.12. The lowest BCUT2D eigenvalue weighted by Gasteiger charge is -2.24. The van der Waals surface area contributed by atoms with Gasteiger partial charge in [-0.2, -0.15) is 0 Å². The highest BCUT2D eigenvalue weighted by atomic mass is 32.1. The quantitative estimate of drug-likeness (QED) is 0.179. The molecule has 0 atom stereocenters. The zero-order valence-electron chi connectivity index (χ0n) is 29.1. The average molecular weight is 710 g/mol. The number of aromatic nitrogens is 4. The number of hydrogen-bond acceptors (Lipinski definition) is 5. The first kappa shape index (κ1) is 32.1. The summed E-state index contributed by atoms with van der Waals surface area (Å²) in [4.78, 5) is 15.0. The summed E-state index contributed by atoms with van der Waals surface area (Å²) in [7, 11) is 27.9. The van der Waals surface area contributed by atoms with Crippen molar-refractivity contribution in [3.8, 4) is 39.9 Å². The largest absolute Gasteiger partial charge is 0.456 e. The molecule has 4 heterocycles. The maximum absolute atomic E-state index is 7.29. The Morgan fingerprint density at radius 3 is 1.96 bits per heavy atom. The molecule has 0 fully saturated rings. The topological polar surface area (TPSA) is 56.7 Å². The predicted octanol–water partition coefficient (Wildman–Crippen LogP) is 7.41. The van der Waals surface area contributed by atoms with Gasteiger partial charge in [-0.1, -0.05) is 107 Å². The number of rotatable bonds is 4. The zero-order valence-corrected chi connectivity index (χ0v) is 29.9. The second-order valence-corrected chi connectivity index (χ2v) is 14.7. The zero-order chi connectivity index (χ0) is 36.9. The number of para-hydroxylation sites is 2. The van der Waals surface area contributed by atoms with Crippen molar-refractivity contribution in [3.05, 3.63) is 133 Å². The molecular weight excluding hydrogens is 688 g/mol. The Bertz CT molecular complexity index is 3390. The molecule has 0 aliphatic heterocycles. The standard InChI is InChI=1S/C45H22B4N4OS/c46-38-37(45-51-43(23-10-2-1-3-11-23)50-44(52-45)24-18-19-26-25-12-5-8-16-31(25)54-32(26)22-24)39(47)42(41(49)40(38)48)53-29-15-7-4-13-27(29)35-30(53)20-21-34-36(35)28-14-6-9-17-33(28)55-34/h1-22H. The number of fused-ring (bicyclic) bond motifs is 10. The van der Waals surface area contributed by atoms with Gasteiger partial charge in [0.2, 0.25) is 0 Å². The lowest BCUT2D eigenvalue weighted by Crippen LogP contribution is -2.47. The van der Waals surface area contributed by atoms with Gasteiger partial charge in [0.1, 0.15) is 42.6 Å². The van der Waals surface area contributed by atoms with Crippen molar-refractivity contribution in [1.82, 2.24) is 19.5 Å². The molecule has 0 aliphatic rings. The van der Waals surface area contributed by atoms with Gasteiger partial charge in [-0.25, -0.2) is 15.0 Å². The summed E-state index contributed by atoms with van der Waals surface area (Å²) in [5.74, 6) is 1.14. The Morgan fingerprint density at radius 1 is 0.455 bits per heavy atom. The van der Waals surface area contributed by atoms with Crippen LogP contribution in [0.3, 0.4) is 0 Å². The predicted molar refractivity (Wildman–Crippen MR) is 232 cm³/mol. The van der Waals surface area contributed by atoms with Gasteiger partial charge in [0.15, 0.2) is 17.5 Å². The second-order valence-electron chi connectivity index (χ2n) is 13.6. The maximum Gasteiger partial charge on any atom is 0.164 e. The molecule has 7 aromatic carbocycles. The van der Waals surface area contributed by atoms with Crippen LogP contribution in [-0.2, 0) is 0 Å². The lowest BCUT2D eigenvalue weighted by atomic mass is 9.65. The Kier molecular flexibility index (Phi) is 7.04. The molecule has 11 aromatic rings. The van der Waals surface area contributed by atoms with E-state index in [2.05, 4.69) is 59.2 Å². The van der Waals surface area contributed by atoms with E-state index in [1.807, 2.05) is 78.9 Å². The first-order valence-electron chi connectivity index (χ1n) is 17.8. The Labute approximate surface area is 324 Å². The lowest BCUT2D eigenvalue weighted by molar-refractivity contribution is 0.669. The number of nitrogens with zero attached hydrogens (tertiary/aromatic N) is 4. The van der Waals surface area contributed by atoms with E-state index in [4.69, 9.17) is 50.8 Å². The van der Waals surface area contributed by atoms with Crippen molar-refractivity contribution in [2.75, 3.05) is 0 Å². The van der Waals surface area contributed by atoms with Gasteiger partial charge in [-0.15, -0.1) is 16.8 Å². The van der Waals surface area contributed by atoms with Crippen LogP contribution in [0.1, 0.15) is 0 Å². The summed E-state index contributed by atoms with van der Waals surface area (Å²) in [6.07, 6.45) is 0. The minimum absolute atomic E-state index is 0.189. The Morgan fingerprint density at radius 2 is 1.13 bits per heavy atom. The van der Waals surface area contributed by atoms with Crippen molar-refractivity contribution in [3.63, 3.8) is 0 Å². The van der Waals surface area contributed by atoms with E-state index in [1.54, 1.807) is 11.3 Å². The molecule has 8 radical (unpaired) electrons. The average Bonchev–Trinajstić information content (AvgIpc) is 3.90. The highest BCUT2D eigenvalue weighted by Crippen LogP contribution is 2.43. The molecule has 246 valence electrons. The van der Waals surface area contributed by atoms with Gasteiger partial charge >= 0.3 is 0 Å². The third-order valence-corrected chi connectivity index (χ3v) is 11.7. The second kappa shape index (κ2) is 12.1. The van der Waals surface area contributed by atoms with Crippen LogP contribution >= 0.6 is 11.3 Å². The summed E-state index contributed by atoms with van der Waals surface area (Å²) in [6.45, 7) is 0.